The van der Waals surface area contributed by atoms with Crippen molar-refractivity contribution in [3.8, 4) is 0 Å². The second-order valence-electron chi connectivity index (χ2n) is 5.78. The Balaban J connectivity index is 2.02. The van der Waals surface area contributed by atoms with Crippen LogP contribution in [0.25, 0.3) is 0 Å². The third kappa shape index (κ3) is 4.98. The maximum absolute atomic E-state index is 12.5. The fraction of sp³-hybridized carbons (Fsp3) is 0.438. The number of benzene rings is 1. The van der Waals surface area contributed by atoms with E-state index in [9.17, 15) is 14.4 Å². The highest BCUT2D eigenvalue weighted by Crippen LogP contribution is 2.28. The minimum absolute atomic E-state index is 0.176. The van der Waals surface area contributed by atoms with Crippen LogP contribution in [0, 0.1) is 5.92 Å². The largest absolute Gasteiger partial charge is 0.351 e. The number of carbonyl (C=O) groups excluding carboxylic acids is 3. The number of anilines is 2. The average Bonchev–Trinajstić information content (AvgIpc) is 3.00. The van der Waals surface area contributed by atoms with Crippen LogP contribution in [0.4, 0.5) is 16.2 Å². The molecule has 1 aliphatic rings. The van der Waals surface area contributed by atoms with Gasteiger partial charge in [-0.2, -0.15) is 0 Å². The van der Waals surface area contributed by atoms with Crippen molar-refractivity contribution >= 4 is 29.2 Å². The summed E-state index contributed by atoms with van der Waals surface area (Å²) in [6.07, 6.45) is 4.06. The molecule has 7 nitrogen and oxygen atoms in total. The molecule has 124 valence electrons. The summed E-state index contributed by atoms with van der Waals surface area (Å²) in [6.45, 7) is 1.42. The molecule has 2 rings (SSSR count). The molecule has 1 fully saturated rings. The van der Waals surface area contributed by atoms with E-state index in [0.717, 1.165) is 25.7 Å². The second kappa shape index (κ2) is 7.62. The molecule has 1 unspecified atom stereocenters. The summed E-state index contributed by atoms with van der Waals surface area (Å²) in [5.74, 6) is -0.254. The lowest BCUT2D eigenvalue weighted by Crippen LogP contribution is -2.47. The Bertz CT molecular complexity index is 579. The number of primary amides is 1. The zero-order valence-corrected chi connectivity index (χ0v) is 13.1. The first-order chi connectivity index (χ1) is 11.0. The smallest absolute Gasteiger partial charge is 0.316 e. The number of hydrogen-bond donors (Lipinski definition) is 4. The van der Waals surface area contributed by atoms with E-state index in [2.05, 4.69) is 16.0 Å². The van der Waals surface area contributed by atoms with Gasteiger partial charge in [-0.05, 0) is 43.0 Å². The third-order valence-electron chi connectivity index (χ3n) is 3.93. The van der Waals surface area contributed by atoms with Crippen LogP contribution in [0.1, 0.15) is 32.6 Å². The molecule has 1 saturated carbocycles. The van der Waals surface area contributed by atoms with Crippen molar-refractivity contribution in [2.24, 2.45) is 11.7 Å². The lowest BCUT2D eigenvalue weighted by atomic mass is 9.97. The zero-order chi connectivity index (χ0) is 16.8. The number of hydrogen-bond acceptors (Lipinski definition) is 3. The first-order valence-electron chi connectivity index (χ1n) is 7.70. The molecule has 0 radical (unpaired) electrons. The van der Waals surface area contributed by atoms with E-state index < -0.39 is 12.1 Å². The van der Waals surface area contributed by atoms with Gasteiger partial charge in [-0.25, -0.2) is 4.79 Å². The number of nitrogens with two attached hydrogens (primary N) is 1. The fourth-order valence-electron chi connectivity index (χ4n) is 2.91. The molecule has 0 aliphatic heterocycles. The summed E-state index contributed by atoms with van der Waals surface area (Å²) >= 11 is 0. The molecule has 4 amide bonds. The summed E-state index contributed by atoms with van der Waals surface area (Å²) in [5, 5.41) is 8.01. The van der Waals surface area contributed by atoms with E-state index in [1.54, 1.807) is 24.3 Å². The maximum Gasteiger partial charge on any atom is 0.316 e. The van der Waals surface area contributed by atoms with Gasteiger partial charge in [0.25, 0.3) is 0 Å². The first kappa shape index (κ1) is 16.8. The van der Waals surface area contributed by atoms with Gasteiger partial charge in [0.05, 0.1) is 0 Å². The first-order valence-corrected chi connectivity index (χ1v) is 7.70. The van der Waals surface area contributed by atoms with E-state index in [1.165, 1.54) is 6.92 Å². The Labute approximate surface area is 135 Å². The minimum Gasteiger partial charge on any atom is -0.351 e. The zero-order valence-electron chi connectivity index (χ0n) is 13.1. The van der Waals surface area contributed by atoms with Crippen LogP contribution in [0.2, 0.25) is 0 Å². The molecule has 0 bridgehead atoms. The molecule has 1 aliphatic carbocycles. The molecule has 0 heterocycles. The number of urea groups is 1. The van der Waals surface area contributed by atoms with Crippen molar-refractivity contribution in [1.29, 1.82) is 0 Å². The Morgan fingerprint density at radius 3 is 2.04 bits per heavy atom. The topological polar surface area (TPSA) is 113 Å². The predicted octanol–water partition coefficient (Wildman–Crippen LogP) is 1.81. The monoisotopic (exact) mass is 318 g/mol. The van der Waals surface area contributed by atoms with Crippen LogP contribution in [0.5, 0.6) is 0 Å². The predicted molar refractivity (Wildman–Crippen MR) is 87.8 cm³/mol. The third-order valence-corrected chi connectivity index (χ3v) is 3.93. The summed E-state index contributed by atoms with van der Waals surface area (Å²) in [4.78, 5) is 34.6. The molecule has 1 atom stereocenters. The SMILES string of the molecule is CC(=O)NC(C(=O)Nc1ccc(NC(N)=O)cc1)C1CCCC1. The van der Waals surface area contributed by atoms with E-state index >= 15 is 0 Å². The molecule has 0 aromatic heterocycles. The summed E-state index contributed by atoms with van der Waals surface area (Å²) in [7, 11) is 0. The van der Waals surface area contributed by atoms with Gasteiger partial charge in [-0.1, -0.05) is 12.8 Å². The van der Waals surface area contributed by atoms with E-state index in [0.29, 0.717) is 11.4 Å². The van der Waals surface area contributed by atoms with Gasteiger partial charge < -0.3 is 21.7 Å². The van der Waals surface area contributed by atoms with Crippen molar-refractivity contribution < 1.29 is 14.4 Å². The lowest BCUT2D eigenvalue weighted by Gasteiger charge is -2.23. The van der Waals surface area contributed by atoms with Crippen LogP contribution in [-0.4, -0.2) is 23.9 Å². The average molecular weight is 318 g/mol. The molecule has 1 aromatic rings. The number of nitrogens with one attached hydrogen (secondary N) is 3. The molecule has 0 spiro atoms. The highest BCUT2D eigenvalue weighted by Gasteiger charge is 2.31. The summed E-state index contributed by atoms with van der Waals surface area (Å²) < 4.78 is 0. The Kier molecular flexibility index (Phi) is 5.56. The Morgan fingerprint density at radius 1 is 1.04 bits per heavy atom. The Hall–Kier alpha value is -2.57. The molecular formula is C16H22N4O3. The number of carbonyl (C=O) groups is 3. The van der Waals surface area contributed by atoms with Gasteiger partial charge >= 0.3 is 6.03 Å². The molecule has 1 aromatic carbocycles. The normalized spacial score (nSPS) is 15.7. The molecular weight excluding hydrogens is 296 g/mol. The van der Waals surface area contributed by atoms with Crippen molar-refractivity contribution in [3.63, 3.8) is 0 Å². The standard InChI is InChI=1S/C16H22N4O3/c1-10(21)18-14(11-4-2-3-5-11)15(22)19-12-6-8-13(9-7-12)20-16(17)23/h6-9,11,14H,2-5H2,1H3,(H,18,21)(H,19,22)(H3,17,20,23). The maximum atomic E-state index is 12.5. The summed E-state index contributed by atoms with van der Waals surface area (Å²) in [5.41, 5.74) is 6.18. The van der Waals surface area contributed by atoms with Crippen molar-refractivity contribution in [2.75, 3.05) is 10.6 Å². The van der Waals surface area contributed by atoms with Gasteiger partial charge in [-0.3, -0.25) is 9.59 Å². The molecule has 5 N–H and O–H groups in total. The Morgan fingerprint density at radius 2 is 1.57 bits per heavy atom. The van der Waals surface area contributed by atoms with Crippen LogP contribution in [-0.2, 0) is 9.59 Å². The lowest BCUT2D eigenvalue weighted by molar-refractivity contribution is -0.126. The summed E-state index contributed by atoms with van der Waals surface area (Å²) in [6, 6.07) is 5.46. The molecule has 23 heavy (non-hydrogen) atoms. The minimum atomic E-state index is -0.645. The highest BCUT2D eigenvalue weighted by molar-refractivity contribution is 5.97. The van der Waals surface area contributed by atoms with Crippen LogP contribution in [0.3, 0.4) is 0 Å². The second-order valence-corrected chi connectivity index (χ2v) is 5.78. The fourth-order valence-corrected chi connectivity index (χ4v) is 2.91. The van der Waals surface area contributed by atoms with E-state index in [1.807, 2.05) is 0 Å². The van der Waals surface area contributed by atoms with Gasteiger partial charge in [-0.15, -0.1) is 0 Å². The van der Waals surface area contributed by atoms with Gasteiger partial charge in [0, 0.05) is 18.3 Å². The quantitative estimate of drug-likeness (QED) is 0.664. The van der Waals surface area contributed by atoms with E-state index in [-0.39, 0.29) is 17.7 Å². The van der Waals surface area contributed by atoms with Crippen molar-refractivity contribution in [1.82, 2.24) is 5.32 Å². The van der Waals surface area contributed by atoms with Gasteiger partial charge in [0.2, 0.25) is 11.8 Å². The molecule has 7 heteroatoms. The van der Waals surface area contributed by atoms with Gasteiger partial charge in [0.1, 0.15) is 6.04 Å². The van der Waals surface area contributed by atoms with Crippen molar-refractivity contribution in [2.45, 2.75) is 38.6 Å². The van der Waals surface area contributed by atoms with Crippen LogP contribution < -0.4 is 21.7 Å². The van der Waals surface area contributed by atoms with Gasteiger partial charge in [0.15, 0.2) is 0 Å². The number of amides is 4. The van der Waals surface area contributed by atoms with Crippen LogP contribution in [0.15, 0.2) is 24.3 Å². The van der Waals surface area contributed by atoms with E-state index in [4.69, 9.17) is 5.73 Å². The molecule has 0 saturated heterocycles. The number of rotatable bonds is 5. The van der Waals surface area contributed by atoms with Crippen LogP contribution >= 0.6 is 0 Å². The van der Waals surface area contributed by atoms with Crippen molar-refractivity contribution in [3.05, 3.63) is 24.3 Å². The highest BCUT2D eigenvalue weighted by atomic mass is 16.2.